The lowest BCUT2D eigenvalue weighted by Gasteiger charge is -2.39. The predicted octanol–water partition coefficient (Wildman–Crippen LogP) is 2.05. The Kier molecular flexibility index (Phi) is 2.74. The number of hydrogen-bond donors (Lipinski definition) is 1. The van der Waals surface area contributed by atoms with Gasteiger partial charge in [-0.25, -0.2) is 4.79 Å². The highest BCUT2D eigenvalue weighted by atomic mass is 35.5. The first-order chi connectivity index (χ1) is 7.09. The molecule has 0 fully saturated rings. The van der Waals surface area contributed by atoms with Crippen LogP contribution in [0.2, 0.25) is 0 Å². The van der Waals surface area contributed by atoms with Gasteiger partial charge in [-0.3, -0.25) is 0 Å². The smallest absolute Gasteiger partial charge is 0.326 e. The summed E-state index contributed by atoms with van der Waals surface area (Å²) in [5, 5.41) is 9.98. The Morgan fingerprint density at radius 2 is 2.40 bits per heavy atom. The van der Waals surface area contributed by atoms with E-state index in [0.29, 0.717) is 5.92 Å². The van der Waals surface area contributed by atoms with Crippen LogP contribution in [0.1, 0.15) is 12.8 Å². The Balaban J connectivity index is 2.32. The summed E-state index contributed by atoms with van der Waals surface area (Å²) in [5.41, 5.74) is 0. The van der Waals surface area contributed by atoms with E-state index in [-0.39, 0.29) is 5.92 Å². The number of carboxylic acid groups (broad SMARTS) is 1. The summed E-state index contributed by atoms with van der Waals surface area (Å²) in [4.78, 5) is 12.9. The predicted molar refractivity (Wildman–Crippen MR) is 58.5 cm³/mol. The Morgan fingerprint density at radius 1 is 1.67 bits per heavy atom. The quantitative estimate of drug-likeness (QED) is 0.746. The number of hydrogen-bond acceptors (Lipinski definition) is 2. The van der Waals surface area contributed by atoms with E-state index in [2.05, 4.69) is 6.08 Å². The second kappa shape index (κ2) is 3.89. The molecule has 0 aromatic carbocycles. The molecule has 1 aliphatic carbocycles. The van der Waals surface area contributed by atoms with Gasteiger partial charge in [-0.05, 0) is 25.0 Å². The van der Waals surface area contributed by atoms with Gasteiger partial charge in [0.2, 0.25) is 0 Å². The monoisotopic (exact) mass is 227 g/mol. The molecule has 3 nitrogen and oxygen atoms in total. The molecular formula is C11H14ClNO2. The van der Waals surface area contributed by atoms with Crippen molar-refractivity contribution in [3.63, 3.8) is 0 Å². The lowest BCUT2D eigenvalue weighted by molar-refractivity contribution is -0.144. The number of rotatable bonds is 1. The zero-order chi connectivity index (χ0) is 11.0. The van der Waals surface area contributed by atoms with Gasteiger partial charge < -0.3 is 10.0 Å². The first-order valence-corrected chi connectivity index (χ1v) is 5.46. The molecule has 0 radical (unpaired) electrons. The molecule has 0 saturated carbocycles. The van der Waals surface area contributed by atoms with E-state index in [1.54, 1.807) is 11.9 Å². The van der Waals surface area contributed by atoms with Crippen LogP contribution >= 0.6 is 11.6 Å². The molecule has 1 N–H and O–H groups in total. The molecule has 3 unspecified atom stereocenters. The number of nitrogens with zero attached hydrogens (tertiary/aromatic N) is 1. The van der Waals surface area contributed by atoms with Gasteiger partial charge in [0.1, 0.15) is 6.04 Å². The van der Waals surface area contributed by atoms with Crippen molar-refractivity contribution in [1.29, 1.82) is 0 Å². The molecule has 2 aliphatic rings. The highest BCUT2D eigenvalue weighted by molar-refractivity contribution is 6.29. The maximum atomic E-state index is 11.2. The minimum atomic E-state index is -0.778. The molecule has 0 bridgehead atoms. The highest BCUT2D eigenvalue weighted by Crippen LogP contribution is 2.37. The van der Waals surface area contributed by atoms with Gasteiger partial charge in [0.15, 0.2) is 0 Å². The Labute approximate surface area is 94.0 Å². The molecule has 0 aromatic rings. The zero-order valence-electron chi connectivity index (χ0n) is 8.56. The summed E-state index contributed by atoms with van der Waals surface area (Å²) in [6.07, 6.45) is 7.68. The molecule has 4 heteroatoms. The topological polar surface area (TPSA) is 40.5 Å². The van der Waals surface area contributed by atoms with Crippen molar-refractivity contribution in [2.45, 2.75) is 18.9 Å². The number of carbonyl (C=O) groups is 1. The number of halogens is 1. The first-order valence-electron chi connectivity index (χ1n) is 5.09. The van der Waals surface area contributed by atoms with E-state index < -0.39 is 12.0 Å². The van der Waals surface area contributed by atoms with Crippen molar-refractivity contribution in [1.82, 2.24) is 4.90 Å². The van der Waals surface area contributed by atoms with Crippen LogP contribution in [0.25, 0.3) is 0 Å². The highest BCUT2D eigenvalue weighted by Gasteiger charge is 2.38. The van der Waals surface area contributed by atoms with Crippen molar-refractivity contribution < 1.29 is 9.90 Å². The van der Waals surface area contributed by atoms with Crippen LogP contribution < -0.4 is 0 Å². The van der Waals surface area contributed by atoms with Crippen LogP contribution in [0.5, 0.6) is 0 Å². The number of carboxylic acids is 1. The molecule has 0 aromatic heterocycles. The maximum Gasteiger partial charge on any atom is 0.326 e. The third-order valence-electron chi connectivity index (χ3n) is 3.21. The second-order valence-electron chi connectivity index (χ2n) is 4.18. The molecule has 15 heavy (non-hydrogen) atoms. The third kappa shape index (κ3) is 1.88. The number of likely N-dealkylation sites (N-methyl/N-ethyl adjacent to an activating group) is 1. The summed E-state index contributed by atoms with van der Waals surface area (Å²) in [5.74, 6) is -0.442. The van der Waals surface area contributed by atoms with Crippen LogP contribution in [0.4, 0.5) is 0 Å². The molecule has 1 aliphatic heterocycles. The van der Waals surface area contributed by atoms with Gasteiger partial charge in [-0.1, -0.05) is 23.8 Å². The van der Waals surface area contributed by atoms with Crippen molar-refractivity contribution in [3.8, 4) is 0 Å². The average molecular weight is 228 g/mol. The lowest BCUT2D eigenvalue weighted by Crippen LogP contribution is -2.46. The Morgan fingerprint density at radius 3 is 3.07 bits per heavy atom. The number of aliphatic carboxylic acids is 1. The van der Waals surface area contributed by atoms with Gasteiger partial charge in [-0.15, -0.1) is 0 Å². The van der Waals surface area contributed by atoms with Crippen molar-refractivity contribution >= 4 is 17.6 Å². The van der Waals surface area contributed by atoms with Gasteiger partial charge in [0.25, 0.3) is 0 Å². The summed E-state index contributed by atoms with van der Waals surface area (Å²) in [7, 11) is 1.79. The Hall–Kier alpha value is -0.960. The van der Waals surface area contributed by atoms with Gasteiger partial charge in [0.05, 0.1) is 0 Å². The van der Waals surface area contributed by atoms with Gasteiger partial charge in [0, 0.05) is 18.0 Å². The van der Waals surface area contributed by atoms with E-state index in [1.165, 1.54) is 0 Å². The summed E-state index contributed by atoms with van der Waals surface area (Å²) >= 11 is 5.98. The molecule has 3 atom stereocenters. The molecular weight excluding hydrogens is 214 g/mol. The molecule has 0 spiro atoms. The van der Waals surface area contributed by atoms with E-state index in [0.717, 1.165) is 17.9 Å². The van der Waals surface area contributed by atoms with Crippen molar-refractivity contribution in [2.24, 2.45) is 11.8 Å². The van der Waals surface area contributed by atoms with Gasteiger partial charge in [-0.2, -0.15) is 0 Å². The molecule has 0 saturated heterocycles. The largest absolute Gasteiger partial charge is 0.480 e. The molecule has 1 heterocycles. The van der Waals surface area contributed by atoms with E-state index in [4.69, 9.17) is 11.6 Å². The van der Waals surface area contributed by atoms with Crippen LogP contribution in [0, 0.1) is 11.8 Å². The average Bonchev–Trinajstić information content (AvgIpc) is 2.16. The second-order valence-corrected chi connectivity index (χ2v) is 4.67. The van der Waals surface area contributed by atoms with E-state index >= 15 is 0 Å². The summed E-state index contributed by atoms with van der Waals surface area (Å²) in [6, 6.07) is -0.478. The van der Waals surface area contributed by atoms with Crippen molar-refractivity contribution in [2.75, 3.05) is 7.05 Å². The molecule has 0 amide bonds. The lowest BCUT2D eigenvalue weighted by atomic mass is 9.77. The Bertz CT molecular complexity index is 337. The summed E-state index contributed by atoms with van der Waals surface area (Å²) in [6.45, 7) is 0. The number of allylic oxidation sites excluding steroid dienone is 2. The maximum absolute atomic E-state index is 11.2. The molecule has 82 valence electrons. The fourth-order valence-electron chi connectivity index (χ4n) is 2.41. The van der Waals surface area contributed by atoms with Crippen LogP contribution in [0.3, 0.4) is 0 Å². The minimum absolute atomic E-state index is 0.0127. The van der Waals surface area contributed by atoms with Crippen LogP contribution in [-0.2, 0) is 4.79 Å². The standard InChI is InChI=1S/C11H14ClNO2/c1-13-5-4-7-2-3-8(12)6-9(7)10(13)11(14)15/h4-7,9-10H,2-3H2,1H3,(H,14,15). The third-order valence-corrected chi connectivity index (χ3v) is 3.52. The summed E-state index contributed by atoms with van der Waals surface area (Å²) < 4.78 is 0. The van der Waals surface area contributed by atoms with Gasteiger partial charge >= 0.3 is 5.97 Å². The normalized spacial score (nSPS) is 34.7. The van der Waals surface area contributed by atoms with Crippen LogP contribution in [-0.4, -0.2) is 29.1 Å². The SMILES string of the molecule is CN1C=CC2CCC(Cl)=CC2C1C(=O)O. The van der Waals surface area contributed by atoms with Crippen LogP contribution in [0.15, 0.2) is 23.4 Å². The van der Waals surface area contributed by atoms with E-state index in [1.807, 2.05) is 12.3 Å². The minimum Gasteiger partial charge on any atom is -0.480 e. The van der Waals surface area contributed by atoms with Crippen molar-refractivity contribution in [3.05, 3.63) is 23.4 Å². The van der Waals surface area contributed by atoms with E-state index in [9.17, 15) is 9.90 Å². The number of fused-ring (bicyclic) bond motifs is 1. The first kappa shape index (κ1) is 10.6. The zero-order valence-corrected chi connectivity index (χ0v) is 9.31. The molecule has 2 rings (SSSR count). The fraction of sp³-hybridized carbons (Fsp3) is 0.545. The fourth-order valence-corrected chi connectivity index (χ4v) is 2.67.